The summed E-state index contributed by atoms with van der Waals surface area (Å²) in [5.74, 6) is -0.584. The van der Waals surface area contributed by atoms with Crippen LogP contribution in [0.1, 0.15) is 33.3 Å². The topological polar surface area (TPSA) is 132 Å². The highest BCUT2D eigenvalue weighted by atomic mass is 32.1. The molecule has 0 aliphatic rings. The van der Waals surface area contributed by atoms with Crippen LogP contribution in [0.15, 0.2) is 63.2 Å². The molecule has 11 heteroatoms. The number of hydrogen-bond acceptors (Lipinski definition) is 7. The Morgan fingerprint density at radius 2 is 1.89 bits per heavy atom. The van der Waals surface area contributed by atoms with Gasteiger partial charge in [0.25, 0.3) is 5.19 Å². The molecule has 2 heterocycles. The summed E-state index contributed by atoms with van der Waals surface area (Å²) in [7, 11) is 0. The lowest BCUT2D eigenvalue weighted by molar-refractivity contribution is 0.0702. The number of aromatic carboxylic acids is 1. The maximum atomic E-state index is 13.1. The average Bonchev–Trinajstić information content (AvgIpc) is 3.29. The standard InChI is InChI=1S/C24H23N5O5S/c1-4-28-22(32)27-21(29(24(28)33)13-16-7-5-14(2)6-8-16)26-17-9-10-18(15(3)11-17)34-23-25-12-19(35-23)20(30)31/h5-12H,4,13H2,1-3H3,(H,30,31)(H,26,27,32). The fourth-order valence-electron chi connectivity index (χ4n) is 3.38. The molecule has 0 bridgehead atoms. The van der Waals surface area contributed by atoms with Gasteiger partial charge in [-0.05, 0) is 50.1 Å². The average molecular weight is 494 g/mol. The number of hydrogen-bond donors (Lipinski definition) is 2. The molecule has 10 nitrogen and oxygen atoms in total. The van der Waals surface area contributed by atoms with E-state index >= 15 is 0 Å². The summed E-state index contributed by atoms with van der Waals surface area (Å²) in [6, 6.07) is 12.9. The van der Waals surface area contributed by atoms with Crippen LogP contribution in [-0.2, 0) is 13.1 Å². The van der Waals surface area contributed by atoms with E-state index in [4.69, 9.17) is 9.84 Å². The quantitative estimate of drug-likeness (QED) is 0.406. The van der Waals surface area contributed by atoms with Crippen LogP contribution in [0.3, 0.4) is 0 Å². The maximum Gasteiger partial charge on any atom is 0.347 e. The molecule has 0 aliphatic carbocycles. The number of carboxylic acids is 1. The highest BCUT2D eigenvalue weighted by molar-refractivity contribution is 7.15. The lowest BCUT2D eigenvalue weighted by Gasteiger charge is -2.10. The molecule has 0 amide bonds. The normalized spacial score (nSPS) is 11.6. The van der Waals surface area contributed by atoms with E-state index in [1.165, 1.54) is 10.8 Å². The zero-order valence-electron chi connectivity index (χ0n) is 19.3. The molecule has 0 saturated carbocycles. The Morgan fingerprint density at radius 1 is 1.14 bits per heavy atom. The number of benzene rings is 2. The summed E-state index contributed by atoms with van der Waals surface area (Å²) in [6.45, 7) is 5.99. The van der Waals surface area contributed by atoms with Crippen molar-refractivity contribution in [3.8, 4) is 10.9 Å². The minimum absolute atomic E-state index is 0.0770. The molecule has 0 saturated heterocycles. The first-order chi connectivity index (χ1) is 16.7. The summed E-state index contributed by atoms with van der Waals surface area (Å²) in [5.41, 5.74) is 2.36. The van der Waals surface area contributed by atoms with Crippen molar-refractivity contribution in [1.29, 1.82) is 0 Å². The molecular weight excluding hydrogens is 470 g/mol. The largest absolute Gasteiger partial charge is 0.477 e. The van der Waals surface area contributed by atoms with E-state index in [-0.39, 0.29) is 28.8 Å². The van der Waals surface area contributed by atoms with Crippen LogP contribution in [0, 0.1) is 13.8 Å². The second-order valence-electron chi connectivity index (χ2n) is 7.81. The Bertz CT molecular complexity index is 1580. The monoisotopic (exact) mass is 493 g/mol. The van der Waals surface area contributed by atoms with Crippen LogP contribution in [0.25, 0.3) is 0 Å². The van der Waals surface area contributed by atoms with E-state index in [9.17, 15) is 14.4 Å². The molecule has 0 fully saturated rings. The number of carboxylic acid groups (broad SMARTS) is 1. The van der Waals surface area contributed by atoms with Gasteiger partial charge in [-0.25, -0.2) is 28.9 Å². The summed E-state index contributed by atoms with van der Waals surface area (Å²) in [4.78, 5) is 47.9. The number of carbonyl (C=O) groups is 1. The Labute approximate surface area is 203 Å². The van der Waals surface area contributed by atoms with Crippen LogP contribution >= 0.6 is 11.3 Å². The van der Waals surface area contributed by atoms with E-state index in [0.29, 0.717) is 17.0 Å². The van der Waals surface area contributed by atoms with E-state index < -0.39 is 17.3 Å². The number of thiazole rings is 1. The number of rotatable bonds is 7. The third-order valence-electron chi connectivity index (χ3n) is 5.24. The van der Waals surface area contributed by atoms with Crippen LogP contribution in [-0.4, -0.2) is 30.2 Å². The van der Waals surface area contributed by atoms with Gasteiger partial charge in [-0.15, -0.1) is 0 Å². The van der Waals surface area contributed by atoms with Gasteiger partial charge in [0.2, 0.25) is 5.62 Å². The first kappa shape index (κ1) is 23.9. The third-order valence-corrected chi connectivity index (χ3v) is 6.11. The van der Waals surface area contributed by atoms with Gasteiger partial charge in [0.05, 0.1) is 18.4 Å². The number of H-pyrrole nitrogens is 1. The fourth-order valence-corrected chi connectivity index (χ4v) is 4.00. The van der Waals surface area contributed by atoms with Crippen LogP contribution < -0.4 is 21.7 Å². The summed E-state index contributed by atoms with van der Waals surface area (Å²) in [5, 5.41) is 9.25. The van der Waals surface area contributed by atoms with E-state index in [1.54, 1.807) is 32.0 Å². The zero-order chi connectivity index (χ0) is 25.1. The lowest BCUT2D eigenvalue weighted by atomic mass is 10.1. The second-order valence-corrected chi connectivity index (χ2v) is 8.80. The van der Waals surface area contributed by atoms with Crippen molar-refractivity contribution in [2.45, 2.75) is 33.9 Å². The molecule has 4 rings (SSSR count). The summed E-state index contributed by atoms with van der Waals surface area (Å²) < 4.78 is 8.26. The Balaban J connectivity index is 1.73. The van der Waals surface area contributed by atoms with Crippen molar-refractivity contribution >= 4 is 23.0 Å². The molecule has 2 aromatic carbocycles. The maximum absolute atomic E-state index is 13.1. The smallest absolute Gasteiger partial charge is 0.347 e. The zero-order valence-corrected chi connectivity index (χ0v) is 20.1. The molecule has 0 atom stereocenters. The number of aromatic nitrogens is 4. The molecule has 2 N–H and O–H groups in total. The van der Waals surface area contributed by atoms with Crippen molar-refractivity contribution in [3.63, 3.8) is 0 Å². The minimum Gasteiger partial charge on any atom is -0.477 e. The van der Waals surface area contributed by atoms with Gasteiger partial charge in [0, 0.05) is 6.54 Å². The molecular formula is C24H23N5O5S. The van der Waals surface area contributed by atoms with Gasteiger partial charge in [0.1, 0.15) is 10.6 Å². The Kier molecular flexibility index (Phi) is 6.78. The number of nitrogens with one attached hydrogen (secondary N) is 1. The van der Waals surface area contributed by atoms with Gasteiger partial charge in [0.15, 0.2) is 0 Å². The summed E-state index contributed by atoms with van der Waals surface area (Å²) >= 11 is 0.925. The predicted molar refractivity (Wildman–Crippen MR) is 131 cm³/mol. The van der Waals surface area contributed by atoms with Gasteiger partial charge in [-0.1, -0.05) is 41.2 Å². The van der Waals surface area contributed by atoms with Crippen LogP contribution in [0.4, 0.5) is 5.69 Å². The lowest BCUT2D eigenvalue weighted by Crippen LogP contribution is -2.49. The van der Waals surface area contributed by atoms with E-state index in [1.807, 2.05) is 31.2 Å². The second kappa shape index (κ2) is 9.94. The SMILES string of the molecule is CCn1c(=O)[nH]/c(=N\c2ccc(Oc3ncc(C(=O)O)s3)c(C)c2)n(Cc2ccc(C)cc2)c1=O. The van der Waals surface area contributed by atoms with Crippen molar-refractivity contribution in [2.75, 3.05) is 0 Å². The van der Waals surface area contributed by atoms with Crippen molar-refractivity contribution in [2.24, 2.45) is 4.99 Å². The predicted octanol–water partition coefficient (Wildman–Crippen LogP) is 3.20. The van der Waals surface area contributed by atoms with Crippen LogP contribution in [0.5, 0.6) is 10.9 Å². The van der Waals surface area contributed by atoms with Crippen LogP contribution in [0.2, 0.25) is 0 Å². The molecule has 0 spiro atoms. The van der Waals surface area contributed by atoms with Gasteiger partial charge >= 0.3 is 17.3 Å². The fraction of sp³-hybridized carbons (Fsp3) is 0.208. The third kappa shape index (κ3) is 5.30. The van der Waals surface area contributed by atoms with Gasteiger partial charge in [-0.3, -0.25) is 9.55 Å². The van der Waals surface area contributed by atoms with E-state index in [0.717, 1.165) is 27.0 Å². The molecule has 0 radical (unpaired) electrons. The molecule has 0 unspecified atom stereocenters. The highest BCUT2D eigenvalue weighted by Crippen LogP contribution is 2.30. The number of ether oxygens (including phenoxy) is 1. The summed E-state index contributed by atoms with van der Waals surface area (Å²) in [6.07, 6.45) is 1.24. The van der Waals surface area contributed by atoms with E-state index in [2.05, 4.69) is 15.0 Å². The minimum atomic E-state index is -1.07. The Hall–Kier alpha value is -4.25. The molecule has 2 aromatic heterocycles. The van der Waals surface area contributed by atoms with Crippen molar-refractivity contribution in [1.82, 2.24) is 19.1 Å². The first-order valence-corrected chi connectivity index (χ1v) is 11.6. The van der Waals surface area contributed by atoms with Crippen molar-refractivity contribution < 1.29 is 14.6 Å². The van der Waals surface area contributed by atoms with Gasteiger partial charge in [-0.2, -0.15) is 0 Å². The number of nitrogens with zero attached hydrogens (tertiary/aromatic N) is 4. The first-order valence-electron chi connectivity index (χ1n) is 10.8. The molecule has 180 valence electrons. The number of aryl methyl sites for hydroxylation is 2. The highest BCUT2D eigenvalue weighted by Gasteiger charge is 2.12. The van der Waals surface area contributed by atoms with Crippen molar-refractivity contribution in [3.05, 3.63) is 96.8 Å². The number of aromatic amines is 1. The van der Waals surface area contributed by atoms with Gasteiger partial charge < -0.3 is 9.84 Å². The molecule has 4 aromatic rings. The Morgan fingerprint density at radius 3 is 2.51 bits per heavy atom. The molecule has 0 aliphatic heterocycles. The molecule has 35 heavy (non-hydrogen) atoms.